The predicted octanol–water partition coefficient (Wildman–Crippen LogP) is 3.26. The van der Waals surface area contributed by atoms with Crippen LogP contribution in [0.4, 0.5) is 0 Å². The van der Waals surface area contributed by atoms with Crippen LogP contribution >= 0.6 is 0 Å². The highest BCUT2D eigenvalue weighted by molar-refractivity contribution is 5.87. The number of benzene rings is 1. The lowest BCUT2D eigenvalue weighted by Crippen LogP contribution is -2.14. The first-order valence-electron chi connectivity index (χ1n) is 10.6. The molecular formula is C23H27N3O7. The van der Waals surface area contributed by atoms with E-state index in [0.29, 0.717) is 34.7 Å². The lowest BCUT2D eigenvalue weighted by molar-refractivity contribution is -0.142. The van der Waals surface area contributed by atoms with Crippen LogP contribution in [0.2, 0.25) is 0 Å². The molecule has 2 N–H and O–H groups in total. The highest BCUT2D eigenvalue weighted by atomic mass is 16.5. The van der Waals surface area contributed by atoms with Crippen LogP contribution in [0.1, 0.15) is 38.3 Å². The number of carbonyl (C=O) groups is 1. The van der Waals surface area contributed by atoms with E-state index in [1.165, 1.54) is 14.2 Å². The maximum absolute atomic E-state index is 13.0. The summed E-state index contributed by atoms with van der Waals surface area (Å²) in [6, 6.07) is 5.22. The molecule has 0 aliphatic rings. The molecule has 0 spiro atoms. The van der Waals surface area contributed by atoms with E-state index in [2.05, 4.69) is 15.2 Å². The van der Waals surface area contributed by atoms with E-state index in [4.69, 9.17) is 18.6 Å². The van der Waals surface area contributed by atoms with Crippen LogP contribution in [0.5, 0.6) is 17.2 Å². The lowest BCUT2D eigenvalue weighted by Gasteiger charge is -2.18. The van der Waals surface area contributed by atoms with Crippen molar-refractivity contribution in [1.82, 2.24) is 15.2 Å². The number of nitrogens with zero attached hydrogens (tertiary/aromatic N) is 2. The van der Waals surface area contributed by atoms with Gasteiger partial charge in [-0.25, -0.2) is 0 Å². The number of aromatic amines is 1. The number of aryl methyl sites for hydroxylation is 1. The van der Waals surface area contributed by atoms with Crippen molar-refractivity contribution in [3.05, 3.63) is 40.1 Å². The Hall–Kier alpha value is -3.82. The number of methoxy groups -OCH3 is 2. The zero-order valence-electron chi connectivity index (χ0n) is 19.1. The van der Waals surface area contributed by atoms with E-state index in [9.17, 15) is 14.7 Å². The van der Waals surface area contributed by atoms with Gasteiger partial charge >= 0.3 is 5.97 Å². The van der Waals surface area contributed by atoms with Crippen molar-refractivity contribution in [2.75, 3.05) is 20.8 Å². The predicted molar refractivity (Wildman–Crippen MR) is 120 cm³/mol. The van der Waals surface area contributed by atoms with Gasteiger partial charge in [0.2, 0.25) is 5.89 Å². The van der Waals surface area contributed by atoms with Crippen molar-refractivity contribution in [3.63, 3.8) is 0 Å². The van der Waals surface area contributed by atoms with Gasteiger partial charge in [-0.15, -0.1) is 10.2 Å². The molecule has 0 saturated carbocycles. The van der Waals surface area contributed by atoms with Gasteiger partial charge < -0.3 is 28.7 Å². The lowest BCUT2D eigenvalue weighted by atomic mass is 9.96. The van der Waals surface area contributed by atoms with Crippen molar-refractivity contribution < 1.29 is 28.5 Å². The molecule has 2 aromatic heterocycles. The molecule has 0 bridgehead atoms. The SMILES string of the molecule is CCCCc1[nH]c(=O)c(-c2nnc(CC(=O)OCC)o2)c(O)c1-c1c(OC)cccc1OC. The number of H-pyrrole nitrogens is 1. The first-order chi connectivity index (χ1) is 15.9. The minimum Gasteiger partial charge on any atom is -0.506 e. The number of hydrogen-bond acceptors (Lipinski definition) is 9. The van der Waals surface area contributed by atoms with Crippen LogP contribution in [-0.4, -0.2) is 47.1 Å². The van der Waals surface area contributed by atoms with Crippen LogP contribution in [0.3, 0.4) is 0 Å². The van der Waals surface area contributed by atoms with E-state index in [1.807, 2.05) is 6.92 Å². The maximum Gasteiger partial charge on any atom is 0.315 e. The average Bonchev–Trinajstić information content (AvgIpc) is 3.24. The summed E-state index contributed by atoms with van der Waals surface area (Å²) in [4.78, 5) is 27.5. The maximum atomic E-state index is 13.0. The molecule has 0 unspecified atom stereocenters. The number of nitrogens with one attached hydrogen (secondary N) is 1. The van der Waals surface area contributed by atoms with Gasteiger partial charge in [0.25, 0.3) is 11.4 Å². The Morgan fingerprint density at radius 1 is 1.09 bits per heavy atom. The molecule has 0 amide bonds. The third kappa shape index (κ3) is 5.00. The third-order valence-electron chi connectivity index (χ3n) is 5.01. The van der Waals surface area contributed by atoms with Crippen LogP contribution < -0.4 is 15.0 Å². The van der Waals surface area contributed by atoms with Gasteiger partial charge in [0.05, 0.1) is 32.0 Å². The number of esters is 1. The molecule has 2 heterocycles. The van der Waals surface area contributed by atoms with Gasteiger partial charge in [0.15, 0.2) is 0 Å². The van der Waals surface area contributed by atoms with Gasteiger partial charge in [-0.2, -0.15) is 0 Å². The molecule has 0 aliphatic carbocycles. The normalized spacial score (nSPS) is 10.8. The fourth-order valence-corrected chi connectivity index (χ4v) is 3.51. The monoisotopic (exact) mass is 457 g/mol. The van der Waals surface area contributed by atoms with Crippen molar-refractivity contribution in [2.45, 2.75) is 39.5 Å². The first kappa shape index (κ1) is 23.8. The van der Waals surface area contributed by atoms with Gasteiger partial charge in [0.1, 0.15) is 29.2 Å². The van der Waals surface area contributed by atoms with E-state index in [-0.39, 0.29) is 36.1 Å². The first-order valence-corrected chi connectivity index (χ1v) is 10.6. The summed E-state index contributed by atoms with van der Waals surface area (Å²) < 4.78 is 21.4. The molecule has 0 fully saturated rings. The Morgan fingerprint density at radius 2 is 1.79 bits per heavy atom. The van der Waals surface area contributed by atoms with Crippen LogP contribution in [-0.2, 0) is 22.4 Å². The molecule has 10 heteroatoms. The van der Waals surface area contributed by atoms with Crippen LogP contribution in [0.15, 0.2) is 27.4 Å². The van der Waals surface area contributed by atoms with E-state index in [0.717, 1.165) is 12.8 Å². The molecule has 0 saturated heterocycles. The number of pyridine rings is 1. The quantitative estimate of drug-likeness (QED) is 0.439. The number of aromatic nitrogens is 3. The van der Waals surface area contributed by atoms with Crippen molar-refractivity contribution in [2.24, 2.45) is 0 Å². The number of unbranched alkanes of at least 4 members (excludes halogenated alkanes) is 1. The molecular weight excluding hydrogens is 430 g/mol. The molecule has 3 rings (SSSR count). The van der Waals surface area contributed by atoms with Gasteiger partial charge in [-0.05, 0) is 31.9 Å². The Bertz CT molecular complexity index is 1160. The number of ether oxygens (including phenoxy) is 3. The largest absolute Gasteiger partial charge is 0.506 e. The standard InChI is InChI=1S/C23H27N3O7/c1-5-7-9-13-18(19-14(30-3)10-8-11-15(19)31-4)21(28)20(22(29)24-13)23-26-25-16(33-23)12-17(27)32-6-2/h8,10-11H,5-7,9,12H2,1-4H3,(H2,24,28,29). The number of carbonyl (C=O) groups excluding carboxylic acids is 1. The minimum absolute atomic E-state index is 0.0336. The molecule has 3 aromatic rings. The Balaban J connectivity index is 2.21. The smallest absolute Gasteiger partial charge is 0.315 e. The van der Waals surface area contributed by atoms with Crippen molar-refractivity contribution in [1.29, 1.82) is 0 Å². The van der Waals surface area contributed by atoms with E-state index in [1.54, 1.807) is 25.1 Å². The van der Waals surface area contributed by atoms with Crippen LogP contribution in [0, 0.1) is 0 Å². The highest BCUT2D eigenvalue weighted by Gasteiger charge is 2.27. The number of hydrogen-bond donors (Lipinski definition) is 2. The topological polar surface area (TPSA) is 137 Å². The van der Waals surface area contributed by atoms with Crippen molar-refractivity contribution >= 4 is 5.97 Å². The Kier molecular flexibility index (Phi) is 7.70. The molecule has 0 atom stereocenters. The molecule has 176 valence electrons. The number of rotatable bonds is 10. The minimum atomic E-state index is -0.595. The summed E-state index contributed by atoms with van der Waals surface area (Å²) in [5.74, 6) is -0.235. The second kappa shape index (κ2) is 10.7. The summed E-state index contributed by atoms with van der Waals surface area (Å²) in [5, 5.41) is 19.0. The summed E-state index contributed by atoms with van der Waals surface area (Å²) in [6.45, 7) is 3.92. The molecule has 0 radical (unpaired) electrons. The highest BCUT2D eigenvalue weighted by Crippen LogP contribution is 2.46. The molecule has 1 aromatic carbocycles. The summed E-state index contributed by atoms with van der Waals surface area (Å²) in [5.41, 5.74) is 0.549. The average molecular weight is 457 g/mol. The van der Waals surface area contributed by atoms with Crippen molar-refractivity contribution in [3.8, 4) is 39.8 Å². The zero-order chi connectivity index (χ0) is 24.0. The second-order valence-corrected chi connectivity index (χ2v) is 7.16. The molecule has 0 aliphatic heterocycles. The molecule has 33 heavy (non-hydrogen) atoms. The second-order valence-electron chi connectivity index (χ2n) is 7.16. The van der Waals surface area contributed by atoms with E-state index >= 15 is 0 Å². The van der Waals surface area contributed by atoms with Gasteiger partial charge in [0, 0.05) is 5.69 Å². The van der Waals surface area contributed by atoms with Gasteiger partial charge in [-0.3, -0.25) is 9.59 Å². The fourth-order valence-electron chi connectivity index (χ4n) is 3.51. The molecule has 10 nitrogen and oxygen atoms in total. The number of aromatic hydroxyl groups is 1. The summed E-state index contributed by atoms with van der Waals surface area (Å²) >= 11 is 0. The fraction of sp³-hybridized carbons (Fsp3) is 0.391. The van der Waals surface area contributed by atoms with Crippen LogP contribution in [0.25, 0.3) is 22.6 Å². The zero-order valence-corrected chi connectivity index (χ0v) is 19.1. The Morgan fingerprint density at radius 3 is 2.39 bits per heavy atom. The van der Waals surface area contributed by atoms with Gasteiger partial charge in [-0.1, -0.05) is 19.4 Å². The Labute approximate surface area is 190 Å². The summed E-state index contributed by atoms with van der Waals surface area (Å²) in [6.07, 6.45) is 1.92. The third-order valence-corrected chi connectivity index (χ3v) is 5.01. The summed E-state index contributed by atoms with van der Waals surface area (Å²) in [7, 11) is 3.01. The van der Waals surface area contributed by atoms with E-state index < -0.39 is 11.5 Å².